The molecule has 0 bridgehead atoms. The molecule has 1 aromatic rings. The summed E-state index contributed by atoms with van der Waals surface area (Å²) in [5.74, 6) is 0.795. The Morgan fingerprint density at radius 2 is 1.83 bits per heavy atom. The molecule has 29 heavy (non-hydrogen) atoms. The molecule has 1 nitrogen and oxygen atoms in total. The van der Waals surface area contributed by atoms with Gasteiger partial charge in [0.05, 0.1) is 5.57 Å². The summed E-state index contributed by atoms with van der Waals surface area (Å²) >= 11 is 2.33. The van der Waals surface area contributed by atoms with E-state index in [0.29, 0.717) is 24.4 Å². The van der Waals surface area contributed by atoms with Gasteiger partial charge in [0.15, 0.2) is 0 Å². The monoisotopic (exact) mass is 517 g/mol. The average molecular weight is 517 g/mol. The lowest BCUT2D eigenvalue weighted by molar-refractivity contribution is -0.0889. The van der Waals surface area contributed by atoms with Crippen LogP contribution in [0.25, 0.3) is 0 Å². The molecule has 1 unspecified atom stereocenters. The maximum Gasteiger partial charge on any atom is 0.416 e. The van der Waals surface area contributed by atoms with Gasteiger partial charge in [-0.3, -0.25) is 4.90 Å². The van der Waals surface area contributed by atoms with E-state index in [0.717, 1.165) is 32.2 Å². The third-order valence-electron chi connectivity index (χ3n) is 6.22. The van der Waals surface area contributed by atoms with Crippen LogP contribution < -0.4 is 0 Å². The van der Waals surface area contributed by atoms with Crippen LogP contribution in [0.4, 0.5) is 13.2 Å². The topological polar surface area (TPSA) is 3.24 Å². The molecule has 0 spiro atoms. The first kappa shape index (κ1) is 22.9. The molecule has 1 aromatic carbocycles. The van der Waals surface area contributed by atoms with Crippen LogP contribution in [-0.4, -0.2) is 23.7 Å². The fourth-order valence-corrected chi connectivity index (χ4v) is 5.02. The minimum Gasteiger partial charge on any atom is -0.293 e. The average Bonchev–Trinajstić information content (AvgIpc) is 2.69. The van der Waals surface area contributed by atoms with Gasteiger partial charge in [0.25, 0.3) is 0 Å². The number of nitrogens with zero attached hydrogens (tertiary/aromatic N) is 1. The highest BCUT2D eigenvalue weighted by Gasteiger charge is 2.37. The highest BCUT2D eigenvalue weighted by atomic mass is 127. The van der Waals surface area contributed by atoms with Crippen LogP contribution >= 0.6 is 22.6 Å². The molecule has 2 aliphatic rings. The molecule has 1 aliphatic carbocycles. The van der Waals surface area contributed by atoms with Crippen molar-refractivity contribution in [3.8, 4) is 0 Å². The quantitative estimate of drug-likeness (QED) is 0.350. The summed E-state index contributed by atoms with van der Waals surface area (Å²) in [6.07, 6.45) is 6.38. The number of likely N-dealkylation sites (tertiary alicyclic amines) is 1. The second-order valence-corrected chi connectivity index (χ2v) is 10.0. The SMILES string of the molecule is CC(C)CC[C@@H](c1ccc(I)cc1)N1CCCC[C@@H]1C1C=CC(C(F)(F)F)=CC1. The molecule has 5 heteroatoms. The Bertz CT molecular complexity index is 721. The summed E-state index contributed by atoms with van der Waals surface area (Å²) in [5.41, 5.74) is 0.842. The van der Waals surface area contributed by atoms with Crippen molar-refractivity contribution in [3.05, 3.63) is 57.2 Å². The third kappa shape index (κ3) is 6.09. The van der Waals surface area contributed by atoms with E-state index >= 15 is 0 Å². The molecule has 0 amide bonds. The van der Waals surface area contributed by atoms with Crippen molar-refractivity contribution >= 4 is 22.6 Å². The van der Waals surface area contributed by atoms with Gasteiger partial charge in [-0.2, -0.15) is 13.2 Å². The Morgan fingerprint density at radius 3 is 2.41 bits per heavy atom. The minimum atomic E-state index is -4.24. The van der Waals surface area contributed by atoms with Gasteiger partial charge in [-0.1, -0.05) is 50.6 Å². The predicted octanol–water partition coefficient (Wildman–Crippen LogP) is 7.69. The lowest BCUT2D eigenvalue weighted by atomic mass is 9.82. The van der Waals surface area contributed by atoms with Gasteiger partial charge in [-0.15, -0.1) is 0 Å². The molecule has 3 rings (SSSR count). The number of hydrogen-bond acceptors (Lipinski definition) is 1. The fourth-order valence-electron chi connectivity index (χ4n) is 4.66. The maximum absolute atomic E-state index is 13.0. The van der Waals surface area contributed by atoms with Crippen molar-refractivity contribution in [1.82, 2.24) is 4.90 Å². The molecule has 0 N–H and O–H groups in total. The van der Waals surface area contributed by atoms with E-state index in [1.807, 2.05) is 6.08 Å². The van der Waals surface area contributed by atoms with Crippen LogP contribution in [0.3, 0.4) is 0 Å². The standard InChI is InChI=1S/C24H31F3IN/c1-17(2)6-15-23(19-9-13-21(28)14-10-19)29-16-4-3-5-22(29)18-7-11-20(12-8-18)24(25,26)27/h7,9-14,17-18,22-23H,3-6,8,15-16H2,1-2H3/t18?,22-,23+/m1/s1. The highest BCUT2D eigenvalue weighted by molar-refractivity contribution is 14.1. The van der Waals surface area contributed by atoms with Crippen molar-refractivity contribution in [3.63, 3.8) is 0 Å². The summed E-state index contributed by atoms with van der Waals surface area (Å²) in [6.45, 7) is 5.54. The minimum absolute atomic E-state index is 0.159. The second kappa shape index (κ2) is 9.99. The van der Waals surface area contributed by atoms with E-state index in [9.17, 15) is 13.2 Å². The first-order valence-corrected chi connectivity index (χ1v) is 11.8. The smallest absolute Gasteiger partial charge is 0.293 e. The maximum atomic E-state index is 13.0. The van der Waals surface area contributed by atoms with Crippen molar-refractivity contribution < 1.29 is 13.2 Å². The first-order chi connectivity index (χ1) is 13.8. The van der Waals surface area contributed by atoms with Crippen molar-refractivity contribution in [1.29, 1.82) is 0 Å². The van der Waals surface area contributed by atoms with Crippen LogP contribution in [0.5, 0.6) is 0 Å². The molecule has 1 saturated heterocycles. The molecular formula is C24H31F3IN. The van der Waals surface area contributed by atoms with Gasteiger partial charge in [-0.05, 0) is 90.8 Å². The van der Waals surface area contributed by atoms with Crippen molar-refractivity contribution in [2.24, 2.45) is 11.8 Å². The van der Waals surface area contributed by atoms with Crippen molar-refractivity contribution in [2.45, 2.75) is 70.6 Å². The Labute approximate surface area is 186 Å². The Balaban J connectivity index is 1.82. The zero-order valence-electron chi connectivity index (χ0n) is 17.3. The van der Waals surface area contributed by atoms with Crippen LogP contribution in [-0.2, 0) is 0 Å². The van der Waals surface area contributed by atoms with Crippen molar-refractivity contribution in [2.75, 3.05) is 6.54 Å². The van der Waals surface area contributed by atoms with E-state index in [1.54, 1.807) is 0 Å². The number of rotatable bonds is 6. The summed E-state index contributed by atoms with van der Waals surface area (Å²) in [6, 6.07) is 9.43. The van der Waals surface area contributed by atoms with E-state index < -0.39 is 11.7 Å². The summed E-state index contributed by atoms with van der Waals surface area (Å²) in [7, 11) is 0. The number of hydrogen-bond donors (Lipinski definition) is 0. The molecule has 0 saturated carbocycles. The van der Waals surface area contributed by atoms with Gasteiger partial charge in [0.2, 0.25) is 0 Å². The zero-order valence-corrected chi connectivity index (χ0v) is 19.4. The van der Waals surface area contributed by atoms with E-state index in [4.69, 9.17) is 0 Å². The molecule has 0 radical (unpaired) electrons. The number of piperidine rings is 1. The fraction of sp³-hybridized carbons (Fsp3) is 0.583. The predicted molar refractivity (Wildman–Crippen MR) is 122 cm³/mol. The molecule has 3 atom stereocenters. The Kier molecular flexibility index (Phi) is 7.87. The third-order valence-corrected chi connectivity index (χ3v) is 6.94. The van der Waals surface area contributed by atoms with E-state index in [2.05, 4.69) is 65.6 Å². The van der Waals surface area contributed by atoms with Gasteiger partial charge in [0.1, 0.15) is 0 Å². The van der Waals surface area contributed by atoms with Crippen LogP contribution in [0.1, 0.15) is 64.0 Å². The van der Waals surface area contributed by atoms with Gasteiger partial charge >= 0.3 is 6.18 Å². The largest absolute Gasteiger partial charge is 0.416 e. The Hall–Kier alpha value is -0.820. The summed E-state index contributed by atoms with van der Waals surface area (Å²) < 4.78 is 40.3. The molecule has 1 heterocycles. The number of alkyl halides is 3. The molecule has 0 aromatic heterocycles. The summed E-state index contributed by atoms with van der Waals surface area (Å²) in [4.78, 5) is 2.61. The van der Waals surface area contributed by atoms with Crippen LogP contribution in [0, 0.1) is 15.4 Å². The molecular weight excluding hydrogens is 486 g/mol. The highest BCUT2D eigenvalue weighted by Crippen LogP contribution is 2.39. The van der Waals surface area contributed by atoms with Crippen LogP contribution in [0.15, 0.2) is 48.1 Å². The molecule has 1 aliphatic heterocycles. The molecule has 1 fully saturated rings. The molecule has 160 valence electrons. The van der Waals surface area contributed by atoms with Gasteiger partial charge < -0.3 is 0 Å². The van der Waals surface area contributed by atoms with Gasteiger partial charge in [0, 0.05) is 15.7 Å². The zero-order chi connectivity index (χ0) is 21.0. The normalized spacial score (nSPS) is 24.6. The Morgan fingerprint density at radius 1 is 1.10 bits per heavy atom. The van der Waals surface area contributed by atoms with Crippen LogP contribution in [0.2, 0.25) is 0 Å². The number of halogens is 4. The van der Waals surface area contributed by atoms with E-state index in [1.165, 1.54) is 27.7 Å². The second-order valence-electron chi connectivity index (χ2n) is 8.76. The lowest BCUT2D eigenvalue weighted by Crippen LogP contribution is -2.46. The number of benzene rings is 1. The van der Waals surface area contributed by atoms with Gasteiger partial charge in [-0.25, -0.2) is 0 Å². The lowest BCUT2D eigenvalue weighted by Gasteiger charge is -2.45. The summed E-state index contributed by atoms with van der Waals surface area (Å²) in [5, 5.41) is 0. The van der Waals surface area contributed by atoms with E-state index in [-0.39, 0.29) is 5.92 Å². The first-order valence-electron chi connectivity index (χ1n) is 10.7. The number of allylic oxidation sites excluding steroid dienone is 3.